The van der Waals surface area contributed by atoms with Gasteiger partial charge < -0.3 is 30.1 Å². The molecule has 0 aliphatic carbocycles. The van der Waals surface area contributed by atoms with Gasteiger partial charge in [0.05, 0.1) is 32.5 Å². The molecule has 0 saturated carbocycles. The van der Waals surface area contributed by atoms with Crippen LogP contribution in [-0.2, 0) is 30.4 Å². The molecule has 246 valence electrons. The summed E-state index contributed by atoms with van der Waals surface area (Å²) in [5.41, 5.74) is 0.524. The summed E-state index contributed by atoms with van der Waals surface area (Å²) in [6.07, 6.45) is 12.6. The van der Waals surface area contributed by atoms with Gasteiger partial charge in [0.1, 0.15) is 11.8 Å². The van der Waals surface area contributed by atoms with E-state index in [1.165, 1.54) is 39.6 Å². The van der Waals surface area contributed by atoms with Gasteiger partial charge >= 0.3 is 17.9 Å². The fourth-order valence-corrected chi connectivity index (χ4v) is 4.90. The zero-order valence-corrected chi connectivity index (χ0v) is 26.2. The predicted octanol–water partition coefficient (Wildman–Crippen LogP) is 5.43. The maximum atomic E-state index is 13.2. The molecule has 1 aromatic carbocycles. The zero-order chi connectivity index (χ0) is 32.9. The fraction of sp³-hybridized carbons (Fsp3) is 0.606. The number of carbonyl (C=O) groups is 5. The highest BCUT2D eigenvalue weighted by Gasteiger charge is 2.35. The highest BCUT2D eigenvalue weighted by atomic mass is 16.5. The number of aliphatic carboxylic acids is 3. The Balaban J connectivity index is 2.79. The van der Waals surface area contributed by atoms with Crippen molar-refractivity contribution in [1.29, 1.82) is 0 Å². The monoisotopic (exact) mass is 619 g/mol. The predicted molar refractivity (Wildman–Crippen MR) is 165 cm³/mol. The minimum absolute atomic E-state index is 0.129. The second-order valence-electron chi connectivity index (χ2n) is 10.9. The normalized spacial score (nSPS) is 13.2. The molecule has 0 spiro atoms. The number of rotatable bonds is 25. The molecular formula is C33H49NO10. The van der Waals surface area contributed by atoms with Crippen LogP contribution in [0.3, 0.4) is 0 Å². The summed E-state index contributed by atoms with van der Waals surface area (Å²) >= 11 is 0. The van der Waals surface area contributed by atoms with Crippen LogP contribution in [0.1, 0.15) is 96.0 Å². The van der Waals surface area contributed by atoms with Gasteiger partial charge in [-0.15, -0.1) is 0 Å². The molecule has 2 unspecified atom stereocenters. The van der Waals surface area contributed by atoms with E-state index in [1.54, 1.807) is 24.3 Å². The van der Waals surface area contributed by atoms with Gasteiger partial charge in [-0.25, -0.2) is 4.79 Å². The number of ketones is 1. The van der Waals surface area contributed by atoms with Gasteiger partial charge in [0.25, 0.3) is 0 Å². The minimum Gasteiger partial charge on any atom is -0.493 e. The third-order valence-corrected chi connectivity index (χ3v) is 7.43. The number of benzene rings is 1. The first-order chi connectivity index (χ1) is 21.0. The molecule has 3 atom stereocenters. The molecular weight excluding hydrogens is 570 g/mol. The van der Waals surface area contributed by atoms with Crippen molar-refractivity contribution < 1.29 is 48.8 Å². The van der Waals surface area contributed by atoms with E-state index in [9.17, 15) is 39.3 Å². The van der Waals surface area contributed by atoms with Crippen LogP contribution < -0.4 is 14.8 Å². The van der Waals surface area contributed by atoms with E-state index in [-0.39, 0.29) is 6.42 Å². The number of carbonyl (C=O) groups excluding carboxylic acids is 2. The number of Topliss-reactive ketones (excluding diaryl/α,β-unsaturated/α-hetero) is 1. The van der Waals surface area contributed by atoms with E-state index < -0.39 is 48.1 Å². The molecule has 0 heterocycles. The number of allylic oxidation sites excluding steroid dienone is 1. The van der Waals surface area contributed by atoms with E-state index in [4.69, 9.17) is 9.47 Å². The smallest absolute Gasteiger partial charge is 0.326 e. The summed E-state index contributed by atoms with van der Waals surface area (Å²) in [5.74, 6) is -6.97. The first kappa shape index (κ1) is 38.1. The van der Waals surface area contributed by atoms with E-state index in [0.717, 1.165) is 38.5 Å². The van der Waals surface area contributed by atoms with Crippen LogP contribution in [0.5, 0.6) is 11.5 Å². The number of amides is 1. The second kappa shape index (κ2) is 21.7. The van der Waals surface area contributed by atoms with Gasteiger partial charge in [0.15, 0.2) is 11.5 Å². The standard InChI is InChI=1S/C33H49NO10/c1-4-5-6-9-12-15-24(35)16-13-10-7-8-11-14-17-25(26(32(39)40)22-30(36)37)31(38)34-27(33(41)42)20-23-18-19-28(43-2)29(21-23)44-3/h14,17-19,21,25-27H,4-13,15-16,20,22H2,1-3H3,(H,34,38)(H,36,37)(H,39,40)(H,41,42)/b17-14+/t25?,26-,27?/m1/s1. The van der Waals surface area contributed by atoms with Gasteiger partial charge in [0, 0.05) is 19.3 Å². The molecule has 0 fully saturated rings. The quantitative estimate of drug-likeness (QED) is 0.0815. The largest absolute Gasteiger partial charge is 0.493 e. The molecule has 11 heteroatoms. The van der Waals surface area contributed by atoms with Crippen molar-refractivity contribution in [3.8, 4) is 11.5 Å². The average Bonchev–Trinajstić information content (AvgIpc) is 2.98. The topological polar surface area (TPSA) is 177 Å². The molecule has 0 aromatic heterocycles. The number of ether oxygens (including phenoxy) is 2. The van der Waals surface area contributed by atoms with Crippen molar-refractivity contribution in [3.63, 3.8) is 0 Å². The Labute approximate surface area is 260 Å². The summed E-state index contributed by atoms with van der Waals surface area (Å²) in [4.78, 5) is 60.6. The van der Waals surface area contributed by atoms with Gasteiger partial charge in [-0.2, -0.15) is 0 Å². The first-order valence-corrected chi connectivity index (χ1v) is 15.4. The molecule has 0 aliphatic heterocycles. The fourth-order valence-electron chi connectivity index (χ4n) is 4.90. The number of methoxy groups -OCH3 is 2. The summed E-state index contributed by atoms with van der Waals surface area (Å²) in [6, 6.07) is 3.39. The number of nitrogens with one attached hydrogen (secondary N) is 1. The van der Waals surface area contributed by atoms with Crippen LogP contribution in [0.25, 0.3) is 0 Å². The van der Waals surface area contributed by atoms with E-state index in [1.807, 2.05) is 0 Å². The van der Waals surface area contributed by atoms with Gasteiger partial charge in [0.2, 0.25) is 5.91 Å². The SMILES string of the molecule is CCCCCCCC(=O)CCCCCC/C=C/C(C(=O)NC(Cc1ccc(OC)c(OC)c1)C(=O)O)[C@@H](CC(=O)O)C(=O)O. The lowest BCUT2D eigenvalue weighted by atomic mass is 9.87. The number of carboxylic acid groups (broad SMARTS) is 3. The van der Waals surface area contributed by atoms with E-state index in [0.29, 0.717) is 42.1 Å². The van der Waals surface area contributed by atoms with Crippen LogP contribution in [-0.4, -0.2) is 65.2 Å². The number of hydrogen-bond acceptors (Lipinski definition) is 7. The maximum absolute atomic E-state index is 13.2. The highest BCUT2D eigenvalue weighted by Crippen LogP contribution is 2.28. The third-order valence-electron chi connectivity index (χ3n) is 7.43. The van der Waals surface area contributed by atoms with Gasteiger partial charge in [-0.3, -0.25) is 19.2 Å². The van der Waals surface area contributed by atoms with Crippen LogP contribution in [0.15, 0.2) is 30.4 Å². The van der Waals surface area contributed by atoms with Crippen LogP contribution in [0.4, 0.5) is 0 Å². The summed E-state index contributed by atoms with van der Waals surface area (Å²) < 4.78 is 10.4. The Morgan fingerprint density at radius 2 is 1.43 bits per heavy atom. The van der Waals surface area contributed by atoms with Crippen molar-refractivity contribution in [3.05, 3.63) is 35.9 Å². The number of carboxylic acids is 3. The molecule has 1 amide bonds. The lowest BCUT2D eigenvalue weighted by Crippen LogP contribution is -2.47. The zero-order valence-electron chi connectivity index (χ0n) is 26.2. The van der Waals surface area contributed by atoms with Crippen molar-refractivity contribution in [2.24, 2.45) is 11.8 Å². The van der Waals surface area contributed by atoms with Gasteiger partial charge in [-0.05, 0) is 43.4 Å². The molecule has 0 saturated heterocycles. The Kier molecular flexibility index (Phi) is 18.8. The number of unbranched alkanes of at least 4 members (excludes halogenated alkanes) is 8. The Morgan fingerprint density at radius 1 is 0.818 bits per heavy atom. The molecule has 1 rings (SSSR count). The molecule has 0 aliphatic rings. The Morgan fingerprint density at radius 3 is 1.98 bits per heavy atom. The van der Waals surface area contributed by atoms with E-state index >= 15 is 0 Å². The molecule has 4 N–H and O–H groups in total. The average molecular weight is 620 g/mol. The first-order valence-electron chi connectivity index (χ1n) is 15.4. The second-order valence-corrected chi connectivity index (χ2v) is 10.9. The number of hydrogen-bond donors (Lipinski definition) is 4. The Hall–Kier alpha value is -3.89. The van der Waals surface area contributed by atoms with Crippen molar-refractivity contribution in [1.82, 2.24) is 5.32 Å². The van der Waals surface area contributed by atoms with Crippen molar-refractivity contribution in [2.75, 3.05) is 14.2 Å². The summed E-state index contributed by atoms with van der Waals surface area (Å²) in [5, 5.41) is 31.2. The molecule has 0 bridgehead atoms. The highest BCUT2D eigenvalue weighted by molar-refractivity contribution is 5.91. The molecule has 1 aromatic rings. The van der Waals surface area contributed by atoms with Crippen LogP contribution >= 0.6 is 0 Å². The van der Waals surface area contributed by atoms with Crippen LogP contribution in [0, 0.1) is 11.8 Å². The van der Waals surface area contributed by atoms with Crippen LogP contribution in [0.2, 0.25) is 0 Å². The van der Waals surface area contributed by atoms with Crippen molar-refractivity contribution in [2.45, 2.75) is 103 Å². The molecule has 0 radical (unpaired) electrons. The molecule has 44 heavy (non-hydrogen) atoms. The lowest BCUT2D eigenvalue weighted by molar-refractivity contribution is -0.152. The maximum Gasteiger partial charge on any atom is 0.326 e. The van der Waals surface area contributed by atoms with E-state index in [2.05, 4.69) is 12.2 Å². The third kappa shape index (κ3) is 15.0. The Bertz CT molecular complexity index is 1100. The minimum atomic E-state index is -1.59. The lowest BCUT2D eigenvalue weighted by Gasteiger charge is -2.22. The van der Waals surface area contributed by atoms with Gasteiger partial charge in [-0.1, -0.05) is 63.7 Å². The molecule has 11 nitrogen and oxygen atoms in total. The van der Waals surface area contributed by atoms with Crippen molar-refractivity contribution >= 4 is 29.6 Å². The summed E-state index contributed by atoms with van der Waals surface area (Å²) in [6.45, 7) is 2.16. The summed E-state index contributed by atoms with van der Waals surface area (Å²) in [7, 11) is 2.89.